The van der Waals surface area contributed by atoms with Gasteiger partial charge in [0.05, 0.1) is 17.9 Å². The number of carbonyl (C=O) groups is 2. The van der Waals surface area contributed by atoms with Crippen LogP contribution in [0.15, 0.2) is 78.5 Å². The summed E-state index contributed by atoms with van der Waals surface area (Å²) in [6.07, 6.45) is 0. The van der Waals surface area contributed by atoms with Crippen molar-refractivity contribution in [3.8, 4) is 5.75 Å². The summed E-state index contributed by atoms with van der Waals surface area (Å²) in [5.41, 5.74) is 4.50. The fourth-order valence-electron chi connectivity index (χ4n) is 3.72. The third-order valence-corrected chi connectivity index (χ3v) is 5.46. The zero-order valence-electron chi connectivity index (χ0n) is 19.3. The lowest BCUT2D eigenvalue weighted by Gasteiger charge is -2.19. The highest BCUT2D eigenvalue weighted by molar-refractivity contribution is 6.46. The highest BCUT2D eigenvalue weighted by Crippen LogP contribution is 2.35. The van der Waals surface area contributed by atoms with E-state index in [0.29, 0.717) is 29.1 Å². The Bertz CT molecular complexity index is 1210. The normalized spacial score (nSPS) is 13.5. The molecule has 0 aliphatic carbocycles. The summed E-state index contributed by atoms with van der Waals surface area (Å²) in [6, 6.07) is 22.3. The first-order valence-electron chi connectivity index (χ1n) is 10.9. The summed E-state index contributed by atoms with van der Waals surface area (Å²) in [5.74, 6) is 0.000279. The highest BCUT2D eigenvalue weighted by Gasteiger charge is 2.40. The summed E-state index contributed by atoms with van der Waals surface area (Å²) in [5, 5.41) is 3.19. The van der Waals surface area contributed by atoms with Gasteiger partial charge in [-0.2, -0.15) is 0 Å². The summed E-state index contributed by atoms with van der Waals surface area (Å²) < 4.78 is 5.50. The van der Waals surface area contributed by atoms with Crippen LogP contribution in [0.4, 0.5) is 17.1 Å². The molecule has 4 rings (SSSR count). The number of benzene rings is 3. The van der Waals surface area contributed by atoms with Crippen molar-refractivity contribution in [1.29, 1.82) is 0 Å². The molecule has 3 aromatic carbocycles. The molecule has 168 valence electrons. The van der Waals surface area contributed by atoms with Gasteiger partial charge in [-0.05, 0) is 61.9 Å². The molecule has 0 atom stereocenters. The molecule has 1 heterocycles. The van der Waals surface area contributed by atoms with Gasteiger partial charge in [0.2, 0.25) is 0 Å². The van der Waals surface area contributed by atoms with Crippen LogP contribution in [0.5, 0.6) is 5.75 Å². The van der Waals surface area contributed by atoms with Crippen LogP contribution in [0.3, 0.4) is 0 Å². The fourth-order valence-corrected chi connectivity index (χ4v) is 3.72. The lowest BCUT2D eigenvalue weighted by molar-refractivity contribution is -0.120. The Labute approximate surface area is 194 Å². The Balaban J connectivity index is 1.76. The third-order valence-electron chi connectivity index (χ3n) is 5.46. The molecule has 0 radical (unpaired) electrons. The molecule has 0 unspecified atom stereocenters. The van der Waals surface area contributed by atoms with Gasteiger partial charge in [0.1, 0.15) is 11.4 Å². The van der Waals surface area contributed by atoms with Gasteiger partial charge in [-0.1, -0.05) is 35.9 Å². The topological polar surface area (TPSA) is 61.9 Å². The van der Waals surface area contributed by atoms with E-state index in [2.05, 4.69) is 5.32 Å². The van der Waals surface area contributed by atoms with Gasteiger partial charge in [-0.15, -0.1) is 0 Å². The SMILES string of the molecule is CCOc1ccc(NC2=C(c3ccc(C)cc3)C(=O)N(c3cccc(N(C)C)c3)C2=O)cc1. The van der Waals surface area contributed by atoms with E-state index in [9.17, 15) is 9.59 Å². The Morgan fingerprint density at radius 2 is 1.61 bits per heavy atom. The van der Waals surface area contributed by atoms with Gasteiger partial charge < -0.3 is 15.0 Å². The first-order valence-corrected chi connectivity index (χ1v) is 10.9. The van der Waals surface area contributed by atoms with Crippen LogP contribution < -0.4 is 19.9 Å². The lowest BCUT2D eigenvalue weighted by Crippen LogP contribution is -2.32. The maximum atomic E-state index is 13.6. The number of hydrogen-bond acceptors (Lipinski definition) is 5. The average Bonchev–Trinajstić information content (AvgIpc) is 3.05. The predicted molar refractivity (Wildman–Crippen MR) is 133 cm³/mol. The summed E-state index contributed by atoms with van der Waals surface area (Å²) in [6.45, 7) is 4.48. The first kappa shape index (κ1) is 22.1. The average molecular weight is 442 g/mol. The Morgan fingerprint density at radius 1 is 0.909 bits per heavy atom. The Kier molecular flexibility index (Phi) is 6.18. The molecule has 2 amide bonds. The van der Waals surface area contributed by atoms with Crippen molar-refractivity contribution in [3.63, 3.8) is 0 Å². The molecule has 1 aliphatic rings. The molecule has 1 N–H and O–H groups in total. The molecule has 1 aliphatic heterocycles. The molecule has 6 nitrogen and oxygen atoms in total. The molecule has 0 bridgehead atoms. The van der Waals surface area contributed by atoms with E-state index in [1.54, 1.807) is 6.07 Å². The quantitative estimate of drug-likeness (QED) is 0.531. The zero-order chi connectivity index (χ0) is 23.5. The number of rotatable bonds is 7. The number of amides is 2. The molecule has 0 saturated heterocycles. The van der Waals surface area contributed by atoms with Crippen LogP contribution in [0.1, 0.15) is 18.1 Å². The Hall–Kier alpha value is -4.06. The van der Waals surface area contributed by atoms with E-state index in [1.807, 2.05) is 99.6 Å². The summed E-state index contributed by atoms with van der Waals surface area (Å²) in [7, 11) is 3.84. The van der Waals surface area contributed by atoms with Crippen molar-refractivity contribution in [2.75, 3.05) is 35.8 Å². The van der Waals surface area contributed by atoms with Crippen LogP contribution in [0.2, 0.25) is 0 Å². The number of ether oxygens (including phenoxy) is 1. The molecule has 0 fully saturated rings. The molecular weight excluding hydrogens is 414 g/mol. The number of nitrogens with one attached hydrogen (secondary N) is 1. The van der Waals surface area contributed by atoms with E-state index >= 15 is 0 Å². The van der Waals surface area contributed by atoms with Crippen molar-refractivity contribution in [1.82, 2.24) is 0 Å². The van der Waals surface area contributed by atoms with Crippen LogP contribution >= 0.6 is 0 Å². The molecule has 0 aromatic heterocycles. The van der Waals surface area contributed by atoms with Crippen LogP contribution in [-0.2, 0) is 9.59 Å². The lowest BCUT2D eigenvalue weighted by atomic mass is 10.0. The number of hydrogen-bond donors (Lipinski definition) is 1. The number of anilines is 3. The van der Waals surface area contributed by atoms with Gasteiger partial charge in [-0.25, -0.2) is 4.90 Å². The van der Waals surface area contributed by atoms with Crippen molar-refractivity contribution in [2.24, 2.45) is 0 Å². The monoisotopic (exact) mass is 441 g/mol. The number of carbonyl (C=O) groups excluding carboxylic acids is 2. The number of nitrogens with zero attached hydrogens (tertiary/aromatic N) is 2. The predicted octanol–water partition coefficient (Wildman–Crippen LogP) is 4.86. The maximum absolute atomic E-state index is 13.6. The largest absolute Gasteiger partial charge is 0.494 e. The number of aryl methyl sites for hydroxylation is 1. The molecule has 6 heteroatoms. The van der Waals surface area contributed by atoms with Gasteiger partial charge in [0.15, 0.2) is 0 Å². The van der Waals surface area contributed by atoms with Crippen LogP contribution in [-0.4, -0.2) is 32.5 Å². The smallest absolute Gasteiger partial charge is 0.282 e. The van der Waals surface area contributed by atoms with Crippen molar-refractivity contribution < 1.29 is 14.3 Å². The van der Waals surface area contributed by atoms with Gasteiger partial charge in [0.25, 0.3) is 11.8 Å². The minimum atomic E-state index is -0.389. The van der Waals surface area contributed by atoms with Crippen molar-refractivity contribution in [2.45, 2.75) is 13.8 Å². The van der Waals surface area contributed by atoms with Gasteiger partial charge in [-0.3, -0.25) is 9.59 Å². The minimum absolute atomic E-state index is 0.253. The molecule has 0 saturated carbocycles. The van der Waals surface area contributed by atoms with E-state index in [4.69, 9.17) is 4.74 Å². The maximum Gasteiger partial charge on any atom is 0.282 e. The summed E-state index contributed by atoms with van der Waals surface area (Å²) in [4.78, 5) is 30.3. The second-order valence-electron chi connectivity index (χ2n) is 8.06. The highest BCUT2D eigenvalue weighted by atomic mass is 16.5. The third kappa shape index (κ3) is 4.46. The van der Waals surface area contributed by atoms with Crippen LogP contribution in [0.25, 0.3) is 5.57 Å². The number of imide groups is 1. The van der Waals surface area contributed by atoms with Crippen LogP contribution in [0, 0.1) is 6.92 Å². The van der Waals surface area contributed by atoms with E-state index in [-0.39, 0.29) is 17.5 Å². The molecule has 3 aromatic rings. The molecular formula is C27H27N3O3. The van der Waals surface area contributed by atoms with E-state index in [0.717, 1.165) is 17.0 Å². The molecule has 33 heavy (non-hydrogen) atoms. The van der Waals surface area contributed by atoms with Gasteiger partial charge >= 0.3 is 0 Å². The summed E-state index contributed by atoms with van der Waals surface area (Å²) >= 11 is 0. The van der Waals surface area contributed by atoms with Crippen molar-refractivity contribution in [3.05, 3.63) is 89.6 Å². The standard InChI is InChI=1S/C27H27N3O3/c1-5-33-23-15-13-20(14-16-23)28-25-24(19-11-9-18(2)10-12-19)26(31)30(27(25)32)22-8-6-7-21(17-22)29(3)4/h6-17,28H,5H2,1-4H3. The zero-order valence-corrected chi connectivity index (χ0v) is 19.3. The Morgan fingerprint density at radius 3 is 2.24 bits per heavy atom. The second-order valence-corrected chi connectivity index (χ2v) is 8.06. The molecule has 0 spiro atoms. The minimum Gasteiger partial charge on any atom is -0.494 e. The first-order chi connectivity index (χ1) is 15.9. The fraction of sp³-hybridized carbons (Fsp3) is 0.185. The van der Waals surface area contributed by atoms with E-state index < -0.39 is 0 Å². The van der Waals surface area contributed by atoms with E-state index in [1.165, 1.54) is 4.90 Å². The van der Waals surface area contributed by atoms with Gasteiger partial charge in [0, 0.05) is 25.5 Å². The van der Waals surface area contributed by atoms with Crippen molar-refractivity contribution >= 4 is 34.4 Å². The second kappa shape index (κ2) is 9.20.